The Balaban J connectivity index is 1.76. The number of nitrogens with zero attached hydrogens (tertiary/aromatic N) is 1. The Kier molecular flexibility index (Phi) is 5.90. The molecule has 2 aliphatic heterocycles. The van der Waals surface area contributed by atoms with Crippen molar-refractivity contribution >= 4 is 52.4 Å². The van der Waals surface area contributed by atoms with E-state index in [0.717, 1.165) is 29.4 Å². The van der Waals surface area contributed by atoms with E-state index < -0.39 is 17.6 Å². The zero-order valence-electron chi connectivity index (χ0n) is 15.9. The minimum absolute atomic E-state index is 0.0719. The maximum atomic E-state index is 12.0. The molecule has 3 rings (SSSR count). The number of ether oxygens (including phenoxy) is 1. The van der Waals surface area contributed by atoms with Gasteiger partial charge in [-0.2, -0.15) is 0 Å². The molecule has 0 spiro atoms. The van der Waals surface area contributed by atoms with Gasteiger partial charge in [-0.05, 0) is 51.1 Å². The Morgan fingerprint density at radius 1 is 1.39 bits per heavy atom. The summed E-state index contributed by atoms with van der Waals surface area (Å²) in [6.07, 6.45) is 1.97. The van der Waals surface area contributed by atoms with Gasteiger partial charge in [0.25, 0.3) is 11.1 Å². The molecule has 1 aromatic rings. The van der Waals surface area contributed by atoms with E-state index in [1.54, 1.807) is 18.2 Å². The van der Waals surface area contributed by atoms with Crippen LogP contribution in [0.3, 0.4) is 0 Å². The molecule has 0 radical (unpaired) electrons. The summed E-state index contributed by atoms with van der Waals surface area (Å²) in [6, 6.07) is 5.35. The minimum atomic E-state index is -0.554. The van der Waals surface area contributed by atoms with Crippen LogP contribution in [0, 0.1) is 0 Å². The molecular weight excluding hydrogens is 402 g/mol. The Morgan fingerprint density at radius 3 is 2.79 bits per heavy atom. The van der Waals surface area contributed by atoms with Crippen LogP contribution in [0.4, 0.5) is 15.3 Å². The van der Waals surface area contributed by atoms with Gasteiger partial charge in [-0.3, -0.25) is 14.9 Å². The number of nitrogens with one attached hydrogen (secondary N) is 2. The Bertz CT molecular complexity index is 850. The average molecular weight is 424 g/mol. The second-order valence-electron chi connectivity index (χ2n) is 7.61. The largest absolute Gasteiger partial charge is 0.444 e. The van der Waals surface area contributed by atoms with Gasteiger partial charge < -0.3 is 15.0 Å². The average Bonchev–Trinajstić information content (AvgIpc) is 3.12. The zero-order chi connectivity index (χ0) is 20.5. The topological polar surface area (TPSA) is 87.7 Å². The second-order valence-corrected chi connectivity index (χ2v) is 9.03. The van der Waals surface area contributed by atoms with Crippen molar-refractivity contribution in [3.63, 3.8) is 0 Å². The zero-order valence-corrected chi connectivity index (χ0v) is 17.4. The van der Waals surface area contributed by atoms with Crippen LogP contribution in [-0.4, -0.2) is 42.0 Å². The van der Waals surface area contributed by atoms with Gasteiger partial charge in [0.05, 0.1) is 21.7 Å². The first-order valence-corrected chi connectivity index (χ1v) is 10.1. The van der Waals surface area contributed by atoms with E-state index in [-0.39, 0.29) is 11.3 Å². The maximum absolute atomic E-state index is 12.0. The Hall–Kier alpha value is -2.19. The molecule has 1 aromatic carbocycles. The molecule has 1 atom stereocenters. The van der Waals surface area contributed by atoms with Gasteiger partial charge >= 0.3 is 6.09 Å². The fourth-order valence-electron chi connectivity index (χ4n) is 3.10. The number of alkyl carbamates (subject to hydrolysis) is 1. The molecule has 2 N–H and O–H groups in total. The van der Waals surface area contributed by atoms with Crippen LogP contribution < -0.4 is 15.5 Å². The fourth-order valence-corrected chi connectivity index (χ4v) is 4.07. The van der Waals surface area contributed by atoms with Crippen LogP contribution in [-0.2, 0) is 9.53 Å². The monoisotopic (exact) mass is 423 g/mol. The summed E-state index contributed by atoms with van der Waals surface area (Å²) < 4.78 is 5.32. The first-order valence-electron chi connectivity index (χ1n) is 8.90. The number of imide groups is 1. The van der Waals surface area contributed by atoms with E-state index in [1.807, 2.05) is 26.8 Å². The molecule has 2 fully saturated rings. The number of carbonyl (C=O) groups excluding carboxylic acids is 3. The number of carbonyl (C=O) groups is 3. The molecule has 2 heterocycles. The lowest BCUT2D eigenvalue weighted by atomic mass is 10.1. The normalized spacial score (nSPS) is 21.2. The van der Waals surface area contributed by atoms with Gasteiger partial charge in [0, 0.05) is 18.7 Å². The van der Waals surface area contributed by atoms with Crippen molar-refractivity contribution in [1.82, 2.24) is 10.6 Å². The highest BCUT2D eigenvalue weighted by molar-refractivity contribution is 8.18. The van der Waals surface area contributed by atoms with Crippen molar-refractivity contribution in [2.45, 2.75) is 38.8 Å². The van der Waals surface area contributed by atoms with Crippen molar-refractivity contribution in [3.05, 3.63) is 33.7 Å². The highest BCUT2D eigenvalue weighted by Gasteiger charge is 2.30. The number of hydrogen-bond donors (Lipinski definition) is 2. The van der Waals surface area contributed by atoms with Crippen molar-refractivity contribution in [3.8, 4) is 0 Å². The van der Waals surface area contributed by atoms with E-state index in [9.17, 15) is 14.4 Å². The molecule has 7 nitrogen and oxygen atoms in total. The fraction of sp³-hybridized carbons (Fsp3) is 0.421. The number of amides is 3. The van der Waals surface area contributed by atoms with Gasteiger partial charge in [-0.15, -0.1) is 0 Å². The molecule has 9 heteroatoms. The predicted molar refractivity (Wildman–Crippen MR) is 111 cm³/mol. The summed E-state index contributed by atoms with van der Waals surface area (Å²) in [7, 11) is 0. The van der Waals surface area contributed by atoms with Crippen molar-refractivity contribution in [1.29, 1.82) is 0 Å². The first kappa shape index (κ1) is 20.5. The van der Waals surface area contributed by atoms with Gasteiger partial charge in [-0.25, -0.2) is 4.79 Å². The Morgan fingerprint density at radius 2 is 2.14 bits per heavy atom. The molecule has 28 heavy (non-hydrogen) atoms. The molecule has 2 aliphatic rings. The van der Waals surface area contributed by atoms with Gasteiger partial charge in [-0.1, -0.05) is 23.7 Å². The molecular formula is C19H22ClN3O4S. The predicted octanol–water partition coefficient (Wildman–Crippen LogP) is 3.77. The minimum Gasteiger partial charge on any atom is -0.444 e. The number of thioether (sulfide) groups is 1. The second kappa shape index (κ2) is 8.05. The van der Waals surface area contributed by atoms with E-state index in [1.165, 1.54) is 0 Å². The highest BCUT2D eigenvalue weighted by Crippen LogP contribution is 2.36. The van der Waals surface area contributed by atoms with Crippen molar-refractivity contribution in [2.24, 2.45) is 0 Å². The summed E-state index contributed by atoms with van der Waals surface area (Å²) >= 11 is 7.31. The van der Waals surface area contributed by atoms with Crippen LogP contribution in [0.15, 0.2) is 23.1 Å². The lowest BCUT2D eigenvalue weighted by Crippen LogP contribution is -2.40. The van der Waals surface area contributed by atoms with Crippen LogP contribution in [0.25, 0.3) is 6.08 Å². The summed E-state index contributed by atoms with van der Waals surface area (Å²) in [4.78, 5) is 37.7. The number of rotatable bonds is 3. The molecule has 150 valence electrons. The Labute approximate surface area is 172 Å². The molecule has 0 bridgehead atoms. The number of halogens is 1. The van der Waals surface area contributed by atoms with Gasteiger partial charge in [0.15, 0.2) is 0 Å². The third kappa shape index (κ3) is 4.99. The quantitative estimate of drug-likeness (QED) is 0.719. The first-order chi connectivity index (χ1) is 13.1. The summed E-state index contributed by atoms with van der Waals surface area (Å²) in [5.74, 6) is -0.410. The van der Waals surface area contributed by atoms with Crippen LogP contribution in [0.2, 0.25) is 5.02 Å². The van der Waals surface area contributed by atoms with Crippen LogP contribution >= 0.6 is 23.4 Å². The van der Waals surface area contributed by atoms with Crippen molar-refractivity contribution in [2.75, 3.05) is 18.0 Å². The third-order valence-electron chi connectivity index (χ3n) is 4.17. The van der Waals surface area contributed by atoms with Crippen LogP contribution in [0.1, 0.15) is 32.8 Å². The smallest absolute Gasteiger partial charge is 0.407 e. The third-order valence-corrected chi connectivity index (χ3v) is 5.29. The SMILES string of the molecule is CC(C)(C)OC(=O)N[C@@H]1CCN(c2c(Cl)cccc2C=C2SC(=O)NC2=O)C1. The molecule has 3 amide bonds. The van der Waals surface area contributed by atoms with E-state index in [4.69, 9.17) is 16.3 Å². The van der Waals surface area contributed by atoms with E-state index >= 15 is 0 Å². The number of anilines is 1. The molecule has 0 aliphatic carbocycles. The van der Waals surface area contributed by atoms with E-state index in [2.05, 4.69) is 15.5 Å². The summed E-state index contributed by atoms with van der Waals surface area (Å²) in [5.41, 5.74) is 0.970. The molecule has 0 aromatic heterocycles. The number of hydrogen-bond acceptors (Lipinski definition) is 6. The maximum Gasteiger partial charge on any atom is 0.407 e. The summed E-state index contributed by atoms with van der Waals surface area (Å²) in [6.45, 7) is 6.72. The standard InChI is InChI=1S/C19H22ClN3O4S/c1-19(2,3)27-17(25)21-12-7-8-23(10-12)15-11(5-4-6-13(15)20)9-14-16(24)22-18(26)28-14/h4-6,9,12H,7-8,10H2,1-3H3,(H,21,25)(H,22,24,26)/t12-/m1/s1. The molecule has 2 saturated heterocycles. The summed E-state index contributed by atoms with van der Waals surface area (Å²) in [5, 5.41) is 5.29. The molecule has 0 saturated carbocycles. The lowest BCUT2D eigenvalue weighted by molar-refractivity contribution is -0.115. The van der Waals surface area contributed by atoms with Gasteiger partial charge in [0.1, 0.15) is 5.60 Å². The van der Waals surface area contributed by atoms with E-state index in [0.29, 0.717) is 23.0 Å². The highest BCUT2D eigenvalue weighted by atomic mass is 35.5. The number of para-hydroxylation sites is 1. The van der Waals surface area contributed by atoms with Gasteiger partial charge in [0.2, 0.25) is 0 Å². The number of benzene rings is 1. The van der Waals surface area contributed by atoms with Crippen molar-refractivity contribution < 1.29 is 19.1 Å². The van der Waals surface area contributed by atoms with Crippen LogP contribution in [0.5, 0.6) is 0 Å². The lowest BCUT2D eigenvalue weighted by Gasteiger charge is -2.24. The molecule has 0 unspecified atom stereocenters.